The molecule has 0 bridgehead atoms. The molecule has 0 aliphatic carbocycles. The van der Waals surface area contributed by atoms with Crippen LogP contribution in [-0.2, 0) is 28.7 Å². The summed E-state index contributed by atoms with van der Waals surface area (Å²) in [6, 6.07) is 0. The number of aliphatic carboxylic acids is 2. The van der Waals surface area contributed by atoms with Crippen LogP contribution in [0.5, 0.6) is 0 Å². The molecule has 24 heavy (non-hydrogen) atoms. The molecule has 0 saturated carbocycles. The second kappa shape index (κ2) is 23.4. The molecule has 0 saturated heterocycles. The topological polar surface area (TPSA) is 127 Å². The summed E-state index contributed by atoms with van der Waals surface area (Å²) >= 11 is 0. The summed E-state index contributed by atoms with van der Waals surface area (Å²) in [7, 11) is 0. The van der Waals surface area contributed by atoms with Crippen LogP contribution in [-0.4, -0.2) is 70.3 Å². The summed E-state index contributed by atoms with van der Waals surface area (Å²) < 4.78 is 8.84. The van der Waals surface area contributed by atoms with Gasteiger partial charge in [-0.2, -0.15) is 0 Å². The monoisotopic (exact) mass is 353 g/mol. The zero-order valence-corrected chi connectivity index (χ0v) is 16.2. The molecule has 8 nitrogen and oxygen atoms in total. The van der Waals surface area contributed by atoms with Gasteiger partial charge in [-0.05, 0) is 6.42 Å². The molecule has 0 aliphatic rings. The van der Waals surface area contributed by atoms with Crippen LogP contribution in [0.2, 0.25) is 0 Å². The second-order valence-electron chi connectivity index (χ2n) is 3.51. The minimum absolute atomic E-state index is 0. The third kappa shape index (κ3) is 42.7. The first kappa shape index (κ1) is 30.0. The number of carbonyl (C=O) groups excluding carboxylic acids is 2. The Morgan fingerprint density at radius 1 is 1.04 bits per heavy atom. The number of unbranched alkanes of at least 4 members (excludes halogenated alkanes) is 1. The number of esters is 2. The fourth-order valence-corrected chi connectivity index (χ4v) is 0.636. The number of hydrogen-bond acceptors (Lipinski definition) is 6. The maximum absolute atomic E-state index is 10.3. The van der Waals surface area contributed by atoms with Gasteiger partial charge in [0.2, 0.25) is 0 Å². The Labute approximate surface area is 163 Å². The Hall–Kier alpha value is -1.90. The molecule has 0 unspecified atom stereocenters. The van der Waals surface area contributed by atoms with Crippen LogP contribution in [0.1, 0.15) is 26.7 Å². The molecule has 0 rings (SSSR count). The molecule has 0 fully saturated rings. The van der Waals surface area contributed by atoms with E-state index in [1.807, 2.05) is 6.92 Å². The van der Waals surface area contributed by atoms with Crippen LogP contribution in [0, 0.1) is 0 Å². The summed E-state index contributed by atoms with van der Waals surface area (Å²) in [5.74, 6) is -3.17. The number of carboxylic acid groups (broad SMARTS) is 2. The Morgan fingerprint density at radius 2 is 1.50 bits per heavy atom. The number of hydrogen-bond donors (Lipinski definition) is 2. The van der Waals surface area contributed by atoms with E-state index in [0.717, 1.165) is 19.1 Å². The van der Waals surface area contributed by atoms with E-state index in [-0.39, 0.29) is 41.5 Å². The predicted molar refractivity (Wildman–Crippen MR) is 88.2 cm³/mol. The second-order valence-corrected chi connectivity index (χ2v) is 3.51. The molecule has 0 aliphatic heterocycles. The van der Waals surface area contributed by atoms with Crippen molar-refractivity contribution in [2.75, 3.05) is 6.61 Å². The van der Waals surface area contributed by atoms with Crippen molar-refractivity contribution in [2.24, 2.45) is 0 Å². The number of rotatable bonds is 7. The van der Waals surface area contributed by atoms with E-state index in [9.17, 15) is 19.2 Å². The molecule has 131 valence electrons. The van der Waals surface area contributed by atoms with E-state index in [1.54, 1.807) is 0 Å². The molecule has 0 aromatic rings. The molecular formula is C15H22NaO8. The zero-order valence-electron chi connectivity index (χ0n) is 14.2. The van der Waals surface area contributed by atoms with E-state index in [1.165, 1.54) is 13.0 Å². The molecule has 0 spiro atoms. The third-order valence-corrected chi connectivity index (χ3v) is 1.53. The molecule has 0 aromatic carbocycles. The molecule has 2 N–H and O–H groups in total. The summed E-state index contributed by atoms with van der Waals surface area (Å²) in [6.45, 7) is 10.3. The van der Waals surface area contributed by atoms with Gasteiger partial charge in [0.25, 0.3) is 0 Å². The number of carbonyl (C=O) groups is 4. The summed E-state index contributed by atoms with van der Waals surface area (Å²) in [6.07, 6.45) is 5.37. The summed E-state index contributed by atoms with van der Waals surface area (Å²) in [4.78, 5) is 39.2. The van der Waals surface area contributed by atoms with Crippen LogP contribution in [0.4, 0.5) is 0 Å². The quantitative estimate of drug-likeness (QED) is 0.232. The van der Waals surface area contributed by atoms with Gasteiger partial charge < -0.3 is 19.7 Å². The van der Waals surface area contributed by atoms with Crippen LogP contribution in [0.15, 0.2) is 37.6 Å². The Morgan fingerprint density at radius 3 is 1.71 bits per heavy atom. The van der Waals surface area contributed by atoms with Crippen LogP contribution in [0.3, 0.4) is 0 Å². The van der Waals surface area contributed by atoms with Crippen molar-refractivity contribution in [1.29, 1.82) is 0 Å². The van der Waals surface area contributed by atoms with E-state index in [0.29, 0.717) is 18.8 Å². The largest absolute Gasteiger partial charge is 0.478 e. The Balaban J connectivity index is -0.000000125. The molecular weight excluding hydrogens is 331 g/mol. The maximum Gasteiger partial charge on any atom is 0.330 e. The first-order valence-electron chi connectivity index (χ1n) is 6.42. The van der Waals surface area contributed by atoms with Crippen molar-refractivity contribution in [3.8, 4) is 0 Å². The standard InChI is InChI=1S/C7H12O2.C4H4O4.C4H6O2.Na/c1-3-5-6-9-7(8)4-2;5-3(6)1-2-4(7)8;1-3-6-4(2)5;/h4H,2-3,5-6H2,1H3;1-2H,(H,5,6)(H,7,8);3H,1H2,2H3;. The average Bonchev–Trinajstić information content (AvgIpc) is 2.46. The van der Waals surface area contributed by atoms with Gasteiger partial charge in [0.05, 0.1) is 12.9 Å². The first-order chi connectivity index (χ1) is 10.7. The van der Waals surface area contributed by atoms with Gasteiger partial charge in [0.15, 0.2) is 0 Å². The molecule has 0 heterocycles. The van der Waals surface area contributed by atoms with E-state index in [2.05, 4.69) is 22.6 Å². The van der Waals surface area contributed by atoms with Crippen molar-refractivity contribution < 1.29 is 38.9 Å². The Bertz CT molecular complexity index is 413. The molecule has 0 amide bonds. The van der Waals surface area contributed by atoms with Crippen LogP contribution in [0.25, 0.3) is 0 Å². The molecule has 1 radical (unpaired) electrons. The van der Waals surface area contributed by atoms with Gasteiger partial charge in [0, 0.05) is 54.7 Å². The molecule has 9 heteroatoms. The average molecular weight is 353 g/mol. The van der Waals surface area contributed by atoms with E-state index < -0.39 is 11.9 Å². The minimum atomic E-state index is -1.26. The van der Waals surface area contributed by atoms with Crippen LogP contribution < -0.4 is 0 Å². The van der Waals surface area contributed by atoms with Gasteiger partial charge in [-0.15, -0.1) is 0 Å². The minimum Gasteiger partial charge on any atom is -0.478 e. The SMILES string of the molecule is C=CC(=O)OCCCC.C=COC(C)=O.O=C(O)C=CC(=O)O.[Na]. The fourth-order valence-electron chi connectivity index (χ4n) is 0.636. The van der Waals surface area contributed by atoms with Gasteiger partial charge in [-0.25, -0.2) is 14.4 Å². The smallest absolute Gasteiger partial charge is 0.330 e. The van der Waals surface area contributed by atoms with Crippen molar-refractivity contribution in [3.05, 3.63) is 37.6 Å². The van der Waals surface area contributed by atoms with Gasteiger partial charge in [-0.1, -0.05) is 26.5 Å². The van der Waals surface area contributed by atoms with Crippen molar-refractivity contribution in [3.63, 3.8) is 0 Å². The third-order valence-electron chi connectivity index (χ3n) is 1.53. The van der Waals surface area contributed by atoms with Crippen molar-refractivity contribution >= 4 is 53.4 Å². The van der Waals surface area contributed by atoms with Crippen LogP contribution >= 0.6 is 0 Å². The summed E-state index contributed by atoms with van der Waals surface area (Å²) in [5, 5.41) is 15.6. The van der Waals surface area contributed by atoms with Gasteiger partial charge in [-0.3, -0.25) is 4.79 Å². The molecule has 0 aromatic heterocycles. The van der Waals surface area contributed by atoms with E-state index >= 15 is 0 Å². The Kier molecular flexibility index (Phi) is 29.2. The maximum atomic E-state index is 10.3. The van der Waals surface area contributed by atoms with Gasteiger partial charge >= 0.3 is 23.9 Å². The van der Waals surface area contributed by atoms with Gasteiger partial charge in [0.1, 0.15) is 0 Å². The zero-order chi connectivity index (χ0) is 18.7. The van der Waals surface area contributed by atoms with E-state index in [4.69, 9.17) is 10.2 Å². The molecule has 0 atom stereocenters. The normalized spacial score (nSPS) is 8.08. The predicted octanol–water partition coefficient (Wildman–Crippen LogP) is 1.54. The van der Waals surface area contributed by atoms with Crippen molar-refractivity contribution in [1.82, 2.24) is 0 Å². The summed E-state index contributed by atoms with van der Waals surface area (Å²) in [5.41, 5.74) is 0. The first-order valence-corrected chi connectivity index (χ1v) is 6.42. The van der Waals surface area contributed by atoms with Crippen molar-refractivity contribution in [2.45, 2.75) is 26.7 Å². The fraction of sp³-hybridized carbons (Fsp3) is 0.333. The number of ether oxygens (including phenoxy) is 2. The number of carboxylic acids is 2.